The van der Waals surface area contributed by atoms with E-state index in [1.807, 2.05) is 12.3 Å². The van der Waals surface area contributed by atoms with Crippen LogP contribution in [0.1, 0.15) is 135 Å². The Bertz CT molecular complexity index is 564. The van der Waals surface area contributed by atoms with E-state index in [4.69, 9.17) is 4.74 Å². The number of rotatable bonds is 23. The van der Waals surface area contributed by atoms with Crippen LogP contribution in [0.15, 0.2) is 18.3 Å². The average molecular weight is 497 g/mol. The number of unbranched alkanes of at least 4 members (excludes halogenated alkanes) is 16. The van der Waals surface area contributed by atoms with Crippen LogP contribution >= 0.6 is 0 Å². The lowest BCUT2D eigenvalue weighted by Crippen LogP contribution is -3.00. The Morgan fingerprint density at radius 1 is 0.676 bits per heavy atom. The van der Waals surface area contributed by atoms with Gasteiger partial charge in [-0.05, 0) is 31.4 Å². The fourth-order valence-electron chi connectivity index (χ4n) is 4.57. The third-order valence-electron chi connectivity index (χ3n) is 6.80. The van der Waals surface area contributed by atoms with Gasteiger partial charge in [0.2, 0.25) is 0 Å². The average Bonchev–Trinajstić information content (AvgIpc) is 2.80. The fourth-order valence-corrected chi connectivity index (χ4v) is 4.57. The SMILES string of the molecule is CCCCCCCCCCCCCCCCCC[N+](C)(C)Cc1ncccc1OCCCC.[Cl-]. The molecule has 34 heavy (non-hydrogen) atoms. The first-order chi connectivity index (χ1) is 16.1. The molecule has 0 radical (unpaired) electrons. The summed E-state index contributed by atoms with van der Waals surface area (Å²) in [6, 6.07) is 4.06. The van der Waals surface area contributed by atoms with Gasteiger partial charge in [0.15, 0.2) is 0 Å². The van der Waals surface area contributed by atoms with Crippen LogP contribution in [-0.4, -0.2) is 36.7 Å². The van der Waals surface area contributed by atoms with Crippen molar-refractivity contribution in [3.63, 3.8) is 0 Å². The Balaban J connectivity index is 0.0000109. The van der Waals surface area contributed by atoms with Crippen LogP contribution < -0.4 is 17.1 Å². The van der Waals surface area contributed by atoms with E-state index in [0.717, 1.165) is 41.9 Å². The highest BCUT2D eigenvalue weighted by atomic mass is 35.5. The topological polar surface area (TPSA) is 22.1 Å². The Labute approximate surface area is 219 Å². The number of pyridine rings is 1. The molecule has 1 rings (SSSR count). The molecule has 0 aromatic carbocycles. The van der Waals surface area contributed by atoms with Crippen molar-refractivity contribution < 1.29 is 21.6 Å². The van der Waals surface area contributed by atoms with Crippen LogP contribution in [0.4, 0.5) is 0 Å². The summed E-state index contributed by atoms with van der Waals surface area (Å²) in [6.07, 6.45) is 27.0. The number of nitrogens with zero attached hydrogens (tertiary/aromatic N) is 2. The summed E-state index contributed by atoms with van der Waals surface area (Å²) in [5.41, 5.74) is 1.11. The first kappa shape index (κ1) is 33.2. The smallest absolute Gasteiger partial charge is 0.146 e. The minimum absolute atomic E-state index is 0. The van der Waals surface area contributed by atoms with Crippen molar-refractivity contribution in [3.8, 4) is 5.75 Å². The number of ether oxygens (including phenoxy) is 1. The zero-order valence-corrected chi connectivity index (χ0v) is 24.0. The van der Waals surface area contributed by atoms with Crippen LogP contribution in [0.2, 0.25) is 0 Å². The molecule has 0 N–H and O–H groups in total. The van der Waals surface area contributed by atoms with Crippen molar-refractivity contribution >= 4 is 0 Å². The molecule has 200 valence electrons. The Hall–Kier alpha value is -0.800. The standard InChI is InChI=1S/C30H57N2O.ClH/c1-5-7-9-10-11-12-13-14-15-16-17-18-19-20-21-22-26-32(3,4)28-29-30(24-23-25-31-29)33-27-8-6-2;/h23-25H,5-22,26-28H2,1-4H3;1H/q+1;/p-1. The molecule has 0 atom stereocenters. The fraction of sp³-hybridized carbons (Fsp3) is 0.833. The lowest BCUT2D eigenvalue weighted by atomic mass is 10.0. The van der Waals surface area contributed by atoms with Crippen molar-refractivity contribution in [1.29, 1.82) is 0 Å². The van der Waals surface area contributed by atoms with E-state index in [1.165, 1.54) is 109 Å². The molecule has 1 heterocycles. The highest BCUT2D eigenvalue weighted by Gasteiger charge is 2.19. The van der Waals surface area contributed by atoms with Crippen molar-refractivity contribution in [2.75, 3.05) is 27.2 Å². The van der Waals surface area contributed by atoms with Crippen LogP contribution in [0, 0.1) is 0 Å². The first-order valence-electron chi connectivity index (χ1n) is 14.5. The molecule has 1 aromatic heterocycles. The number of aromatic nitrogens is 1. The molecule has 3 nitrogen and oxygen atoms in total. The summed E-state index contributed by atoms with van der Waals surface area (Å²) in [7, 11) is 4.66. The third kappa shape index (κ3) is 18.5. The summed E-state index contributed by atoms with van der Waals surface area (Å²) in [5, 5.41) is 0. The highest BCUT2D eigenvalue weighted by molar-refractivity contribution is 5.26. The molecule has 0 bridgehead atoms. The van der Waals surface area contributed by atoms with Gasteiger partial charge in [-0.25, -0.2) is 0 Å². The van der Waals surface area contributed by atoms with E-state index in [1.54, 1.807) is 0 Å². The minimum Gasteiger partial charge on any atom is -1.00 e. The quantitative estimate of drug-likeness (QED) is 0.135. The van der Waals surface area contributed by atoms with Crippen molar-refractivity contribution in [2.24, 2.45) is 0 Å². The second-order valence-corrected chi connectivity index (χ2v) is 10.8. The van der Waals surface area contributed by atoms with E-state index in [2.05, 4.69) is 39.0 Å². The predicted octanol–water partition coefficient (Wildman–Crippen LogP) is 6.10. The van der Waals surface area contributed by atoms with Gasteiger partial charge in [-0.2, -0.15) is 0 Å². The summed E-state index contributed by atoms with van der Waals surface area (Å²) >= 11 is 0. The number of halogens is 1. The summed E-state index contributed by atoms with van der Waals surface area (Å²) < 4.78 is 6.97. The van der Waals surface area contributed by atoms with Crippen molar-refractivity contribution in [2.45, 2.75) is 136 Å². The van der Waals surface area contributed by atoms with Crippen LogP contribution in [0.5, 0.6) is 5.75 Å². The molecule has 0 saturated carbocycles. The second kappa shape index (κ2) is 22.7. The third-order valence-corrected chi connectivity index (χ3v) is 6.80. The minimum atomic E-state index is 0. The van der Waals surface area contributed by atoms with Crippen molar-refractivity contribution in [3.05, 3.63) is 24.0 Å². The lowest BCUT2D eigenvalue weighted by Gasteiger charge is -2.30. The Kier molecular flexibility index (Phi) is 22.1. The molecule has 0 aliphatic heterocycles. The van der Waals surface area contributed by atoms with Crippen LogP contribution in [0.25, 0.3) is 0 Å². The lowest BCUT2D eigenvalue weighted by molar-refractivity contribution is -0.904. The van der Waals surface area contributed by atoms with Gasteiger partial charge < -0.3 is 21.6 Å². The van der Waals surface area contributed by atoms with Gasteiger partial charge in [-0.3, -0.25) is 4.98 Å². The van der Waals surface area contributed by atoms with E-state index in [0.29, 0.717) is 0 Å². The largest absolute Gasteiger partial charge is 1.00 e. The van der Waals surface area contributed by atoms with Crippen LogP contribution in [0.3, 0.4) is 0 Å². The number of quaternary nitrogens is 1. The monoisotopic (exact) mass is 496 g/mol. The molecular weight excluding hydrogens is 440 g/mol. The summed E-state index contributed by atoms with van der Waals surface area (Å²) in [5.74, 6) is 0.976. The molecule has 0 fully saturated rings. The molecule has 0 unspecified atom stereocenters. The highest BCUT2D eigenvalue weighted by Crippen LogP contribution is 2.21. The van der Waals surface area contributed by atoms with E-state index in [9.17, 15) is 0 Å². The number of hydrogen-bond donors (Lipinski definition) is 0. The zero-order valence-electron chi connectivity index (χ0n) is 23.3. The molecule has 0 spiro atoms. The molecule has 0 aliphatic carbocycles. The molecule has 4 heteroatoms. The maximum Gasteiger partial charge on any atom is 0.146 e. The van der Waals surface area contributed by atoms with Gasteiger partial charge >= 0.3 is 0 Å². The zero-order chi connectivity index (χ0) is 24.0. The molecule has 0 aliphatic rings. The van der Waals surface area contributed by atoms with Gasteiger partial charge in [0.25, 0.3) is 0 Å². The van der Waals surface area contributed by atoms with E-state index in [-0.39, 0.29) is 12.4 Å². The molecule has 0 saturated heterocycles. The van der Waals surface area contributed by atoms with E-state index < -0.39 is 0 Å². The van der Waals surface area contributed by atoms with Gasteiger partial charge in [0.05, 0.1) is 27.2 Å². The van der Waals surface area contributed by atoms with Gasteiger partial charge in [0, 0.05) is 6.20 Å². The maximum atomic E-state index is 5.99. The number of hydrogen-bond acceptors (Lipinski definition) is 2. The van der Waals surface area contributed by atoms with Crippen molar-refractivity contribution in [1.82, 2.24) is 4.98 Å². The molecule has 0 amide bonds. The maximum absolute atomic E-state index is 5.99. The predicted molar refractivity (Wildman–Crippen MR) is 145 cm³/mol. The Morgan fingerprint density at radius 3 is 1.65 bits per heavy atom. The van der Waals surface area contributed by atoms with Gasteiger partial charge in [-0.15, -0.1) is 0 Å². The van der Waals surface area contributed by atoms with E-state index >= 15 is 0 Å². The second-order valence-electron chi connectivity index (χ2n) is 10.8. The summed E-state index contributed by atoms with van der Waals surface area (Å²) in [6.45, 7) is 7.45. The molecule has 1 aromatic rings. The summed E-state index contributed by atoms with van der Waals surface area (Å²) in [4.78, 5) is 4.63. The normalized spacial score (nSPS) is 11.4. The Morgan fingerprint density at radius 2 is 1.15 bits per heavy atom. The first-order valence-corrected chi connectivity index (χ1v) is 14.5. The molecular formula is C30H57ClN2O. The van der Waals surface area contributed by atoms with Crippen LogP contribution in [-0.2, 0) is 6.54 Å². The van der Waals surface area contributed by atoms with Gasteiger partial charge in [-0.1, -0.05) is 110 Å². The van der Waals surface area contributed by atoms with Gasteiger partial charge in [0.1, 0.15) is 18.0 Å².